The maximum Gasteiger partial charge on any atom is 0.333 e. The number of aromatic hydroxyl groups is 1. The molecule has 0 spiro atoms. The Balaban J connectivity index is 1.72. The number of carbonyl (C=O) groups is 2. The Kier molecular flexibility index (Phi) is 5.48. The van der Waals surface area contributed by atoms with E-state index in [1.54, 1.807) is 42.2 Å². The molecule has 3 rings (SSSR count). The average Bonchev–Trinajstić information content (AvgIpc) is 3.37. The maximum absolute atomic E-state index is 12.8. The van der Waals surface area contributed by atoms with Gasteiger partial charge in [0.1, 0.15) is 5.75 Å². The summed E-state index contributed by atoms with van der Waals surface area (Å²) in [5.41, 5.74) is -0.182. The van der Waals surface area contributed by atoms with Gasteiger partial charge in [0, 0.05) is 18.8 Å². The molecule has 1 aromatic heterocycles. The van der Waals surface area contributed by atoms with Crippen LogP contribution in [0, 0.1) is 5.92 Å². The molecule has 1 saturated carbocycles. The lowest BCUT2D eigenvalue weighted by Crippen LogP contribution is -2.55. The second-order valence-electron chi connectivity index (χ2n) is 7.32. The molecular weight excluding hydrogens is 346 g/mol. The van der Waals surface area contributed by atoms with E-state index in [1.165, 1.54) is 7.11 Å². The molecule has 2 N–H and O–H groups in total. The van der Waals surface area contributed by atoms with E-state index in [1.807, 2.05) is 12.1 Å². The predicted molar refractivity (Wildman–Crippen MR) is 99.0 cm³/mol. The molecule has 0 aliphatic heterocycles. The molecule has 1 aromatic carbocycles. The third-order valence-electron chi connectivity index (χ3n) is 5.01. The number of esters is 1. The second-order valence-corrected chi connectivity index (χ2v) is 7.32. The first-order valence-corrected chi connectivity index (χ1v) is 9.07. The number of nitrogens with one attached hydrogen (secondary N) is 1. The van der Waals surface area contributed by atoms with Gasteiger partial charge in [-0.2, -0.15) is 5.10 Å². The predicted octanol–water partition coefficient (Wildman–Crippen LogP) is 2.22. The molecule has 1 aliphatic carbocycles. The molecule has 0 bridgehead atoms. The summed E-state index contributed by atoms with van der Waals surface area (Å²) >= 11 is 0. The summed E-state index contributed by atoms with van der Waals surface area (Å²) in [7, 11) is 1.30. The number of amides is 1. The van der Waals surface area contributed by atoms with E-state index in [0.29, 0.717) is 5.92 Å². The van der Waals surface area contributed by atoms with Crippen molar-refractivity contribution in [1.82, 2.24) is 15.1 Å². The van der Waals surface area contributed by atoms with Crippen LogP contribution >= 0.6 is 0 Å². The quantitative estimate of drug-likeness (QED) is 0.694. The smallest absolute Gasteiger partial charge is 0.333 e. The second kappa shape index (κ2) is 7.82. The Morgan fingerprint density at radius 2 is 2.07 bits per heavy atom. The zero-order valence-corrected chi connectivity index (χ0v) is 15.6. The number of methoxy groups -OCH3 is 1. The number of phenols is 1. The Labute approximate surface area is 158 Å². The number of hydrogen-bond acceptors (Lipinski definition) is 5. The molecule has 1 aliphatic rings. The minimum atomic E-state index is -1.21. The van der Waals surface area contributed by atoms with Crippen LogP contribution in [0.2, 0.25) is 0 Å². The van der Waals surface area contributed by atoms with Crippen LogP contribution in [0.5, 0.6) is 5.75 Å². The molecule has 1 fully saturated rings. The van der Waals surface area contributed by atoms with Crippen molar-refractivity contribution in [2.45, 2.75) is 44.2 Å². The van der Waals surface area contributed by atoms with Gasteiger partial charge in [-0.25, -0.2) is 4.79 Å². The summed E-state index contributed by atoms with van der Waals surface area (Å²) in [6.07, 6.45) is 5.80. The molecule has 1 heterocycles. The van der Waals surface area contributed by atoms with Crippen LogP contribution < -0.4 is 5.32 Å². The molecule has 0 radical (unpaired) electrons. The number of benzene rings is 1. The fourth-order valence-electron chi connectivity index (χ4n) is 3.43. The van der Waals surface area contributed by atoms with E-state index in [2.05, 4.69) is 10.4 Å². The molecule has 2 aromatic rings. The third-order valence-corrected chi connectivity index (χ3v) is 5.01. The lowest BCUT2D eigenvalue weighted by atomic mass is 9.90. The zero-order chi connectivity index (χ0) is 19.4. The van der Waals surface area contributed by atoms with Crippen LogP contribution in [-0.2, 0) is 20.9 Å². The highest BCUT2D eigenvalue weighted by molar-refractivity contribution is 5.88. The lowest BCUT2D eigenvalue weighted by Gasteiger charge is -2.29. The first-order chi connectivity index (χ1) is 12.9. The first kappa shape index (κ1) is 18.9. The number of phenolic OH excluding ortho intramolecular Hbond substituents is 1. The molecular formula is C20H25N3O4. The highest BCUT2D eigenvalue weighted by atomic mass is 16.5. The Hall–Kier alpha value is -2.83. The normalized spacial score (nSPS) is 17.0. The number of aromatic nitrogens is 2. The Bertz CT molecular complexity index is 784. The Morgan fingerprint density at radius 3 is 2.63 bits per heavy atom. The van der Waals surface area contributed by atoms with Gasteiger partial charge in [0.15, 0.2) is 5.54 Å². The molecule has 1 amide bonds. The van der Waals surface area contributed by atoms with Gasteiger partial charge in [-0.3, -0.25) is 9.48 Å². The highest BCUT2D eigenvalue weighted by Gasteiger charge is 2.39. The largest absolute Gasteiger partial charge is 0.508 e. The number of nitrogens with zero attached hydrogens (tertiary/aromatic N) is 2. The number of hydrogen-bond donors (Lipinski definition) is 2. The van der Waals surface area contributed by atoms with Crippen molar-refractivity contribution in [1.29, 1.82) is 0 Å². The third kappa shape index (κ3) is 4.67. The van der Waals surface area contributed by atoms with Crippen LogP contribution in [0.1, 0.15) is 37.7 Å². The molecule has 7 nitrogen and oxygen atoms in total. The summed E-state index contributed by atoms with van der Waals surface area (Å²) in [5, 5.41) is 16.5. The minimum Gasteiger partial charge on any atom is -0.508 e. The standard InChI is InChI=1S/C20H25N3O4/c1-20(19(26)27-2,13-23-11-3-10-21-23)22-18(25)12-17(14-4-5-14)15-6-8-16(24)9-7-15/h3,6-11,14,17,24H,4-5,12-13H2,1-2H3,(H,22,25). The molecule has 144 valence electrons. The van der Waals surface area contributed by atoms with E-state index in [9.17, 15) is 14.7 Å². The van der Waals surface area contributed by atoms with E-state index in [4.69, 9.17) is 4.74 Å². The van der Waals surface area contributed by atoms with E-state index >= 15 is 0 Å². The van der Waals surface area contributed by atoms with Crippen molar-refractivity contribution in [3.63, 3.8) is 0 Å². The fourth-order valence-corrected chi connectivity index (χ4v) is 3.43. The SMILES string of the molecule is COC(=O)C(C)(Cn1cccn1)NC(=O)CC(c1ccc(O)cc1)C1CC1. The van der Waals surface area contributed by atoms with Gasteiger partial charge in [0.05, 0.1) is 13.7 Å². The first-order valence-electron chi connectivity index (χ1n) is 9.07. The number of ether oxygens (including phenoxy) is 1. The summed E-state index contributed by atoms with van der Waals surface area (Å²) < 4.78 is 6.50. The van der Waals surface area contributed by atoms with Gasteiger partial charge in [0.2, 0.25) is 5.91 Å². The van der Waals surface area contributed by atoms with Crippen molar-refractivity contribution in [2.75, 3.05) is 7.11 Å². The Morgan fingerprint density at radius 1 is 1.37 bits per heavy atom. The summed E-state index contributed by atoms with van der Waals surface area (Å²) in [5.74, 6) is 0.00205. The maximum atomic E-state index is 12.8. The van der Waals surface area contributed by atoms with Crippen molar-refractivity contribution in [3.05, 3.63) is 48.3 Å². The van der Waals surface area contributed by atoms with Gasteiger partial charge < -0.3 is 15.2 Å². The summed E-state index contributed by atoms with van der Waals surface area (Å²) in [6.45, 7) is 1.83. The van der Waals surface area contributed by atoms with Gasteiger partial charge >= 0.3 is 5.97 Å². The minimum absolute atomic E-state index is 0.0669. The van der Waals surface area contributed by atoms with E-state index in [0.717, 1.165) is 18.4 Å². The molecule has 7 heteroatoms. The summed E-state index contributed by atoms with van der Waals surface area (Å²) in [6, 6.07) is 8.74. The number of carbonyl (C=O) groups excluding carboxylic acids is 2. The monoisotopic (exact) mass is 371 g/mol. The van der Waals surface area contributed by atoms with Gasteiger partial charge in [-0.05, 0) is 55.4 Å². The average molecular weight is 371 g/mol. The van der Waals surface area contributed by atoms with Crippen LogP contribution in [0.4, 0.5) is 0 Å². The molecule has 0 saturated heterocycles. The number of rotatable bonds is 8. The van der Waals surface area contributed by atoms with E-state index in [-0.39, 0.29) is 30.5 Å². The van der Waals surface area contributed by atoms with Crippen LogP contribution in [0.3, 0.4) is 0 Å². The van der Waals surface area contributed by atoms with Crippen molar-refractivity contribution in [2.24, 2.45) is 5.92 Å². The van der Waals surface area contributed by atoms with Crippen LogP contribution in [0.15, 0.2) is 42.7 Å². The van der Waals surface area contributed by atoms with Gasteiger partial charge in [-0.15, -0.1) is 0 Å². The van der Waals surface area contributed by atoms with Crippen molar-refractivity contribution >= 4 is 11.9 Å². The highest BCUT2D eigenvalue weighted by Crippen LogP contribution is 2.44. The van der Waals surface area contributed by atoms with Crippen molar-refractivity contribution in [3.8, 4) is 5.75 Å². The lowest BCUT2D eigenvalue weighted by molar-refractivity contribution is -0.151. The summed E-state index contributed by atoms with van der Waals surface area (Å²) in [4.78, 5) is 25.1. The van der Waals surface area contributed by atoms with Crippen molar-refractivity contribution < 1.29 is 19.4 Å². The van der Waals surface area contributed by atoms with Crippen LogP contribution in [0.25, 0.3) is 0 Å². The molecule has 2 unspecified atom stereocenters. The topological polar surface area (TPSA) is 93.5 Å². The van der Waals surface area contributed by atoms with E-state index < -0.39 is 11.5 Å². The molecule has 27 heavy (non-hydrogen) atoms. The van der Waals surface area contributed by atoms with Gasteiger partial charge in [-0.1, -0.05) is 12.1 Å². The molecule has 2 atom stereocenters. The fraction of sp³-hybridized carbons (Fsp3) is 0.450. The van der Waals surface area contributed by atoms with Crippen LogP contribution in [-0.4, -0.2) is 39.4 Å². The van der Waals surface area contributed by atoms with Gasteiger partial charge in [0.25, 0.3) is 0 Å². The zero-order valence-electron chi connectivity index (χ0n) is 15.6.